The second kappa shape index (κ2) is 8.90. The van der Waals surface area contributed by atoms with Crippen molar-refractivity contribution in [1.82, 2.24) is 5.32 Å². The van der Waals surface area contributed by atoms with Crippen LogP contribution < -0.4 is 25.2 Å². The molecule has 7 heteroatoms. The molecule has 1 atom stereocenters. The van der Waals surface area contributed by atoms with Gasteiger partial charge in [-0.05, 0) is 56.7 Å². The summed E-state index contributed by atoms with van der Waals surface area (Å²) < 4.78 is 21.7. The number of nitrogens with one attached hydrogen (secondary N) is 1. The first-order chi connectivity index (χ1) is 14.3. The molecule has 0 bridgehead atoms. The van der Waals surface area contributed by atoms with Crippen LogP contribution in [0.25, 0.3) is 11.0 Å². The molecule has 0 aliphatic carbocycles. The van der Waals surface area contributed by atoms with Gasteiger partial charge in [0.1, 0.15) is 22.8 Å². The Labute approximate surface area is 174 Å². The van der Waals surface area contributed by atoms with Crippen molar-refractivity contribution in [1.29, 1.82) is 0 Å². The van der Waals surface area contributed by atoms with Crippen molar-refractivity contribution in [3.8, 4) is 17.2 Å². The number of hydrogen-bond donors (Lipinski definition) is 1. The molecule has 0 saturated heterocycles. The third-order valence-corrected chi connectivity index (χ3v) is 4.96. The Balaban J connectivity index is 1.72. The lowest BCUT2D eigenvalue weighted by molar-refractivity contribution is -0.123. The van der Waals surface area contributed by atoms with Crippen LogP contribution in [0.4, 0.5) is 0 Å². The zero-order valence-corrected chi connectivity index (χ0v) is 17.7. The van der Waals surface area contributed by atoms with Crippen LogP contribution >= 0.6 is 0 Å². The van der Waals surface area contributed by atoms with Crippen molar-refractivity contribution in [3.63, 3.8) is 0 Å². The lowest BCUT2D eigenvalue weighted by Crippen LogP contribution is -2.31. The maximum Gasteiger partial charge on any atom is 0.336 e. The molecule has 0 aliphatic rings. The molecule has 0 fully saturated rings. The van der Waals surface area contributed by atoms with Gasteiger partial charge in [0, 0.05) is 22.6 Å². The van der Waals surface area contributed by atoms with Gasteiger partial charge < -0.3 is 23.9 Å². The first-order valence-corrected chi connectivity index (χ1v) is 9.52. The monoisotopic (exact) mass is 411 g/mol. The SMILES string of the molecule is COc1ccc(OC)c([C@@H](C)NC(=O)COc2ccc3c(C)cc(=O)oc3c2C)c1. The zero-order valence-electron chi connectivity index (χ0n) is 17.7. The molecule has 0 radical (unpaired) electrons. The number of benzene rings is 2. The average Bonchev–Trinajstić information content (AvgIpc) is 2.73. The highest BCUT2D eigenvalue weighted by Gasteiger charge is 2.17. The number of ether oxygens (including phenoxy) is 3. The second-order valence-corrected chi connectivity index (χ2v) is 7.00. The van der Waals surface area contributed by atoms with Gasteiger partial charge in [-0.2, -0.15) is 0 Å². The van der Waals surface area contributed by atoms with Gasteiger partial charge in [-0.3, -0.25) is 4.79 Å². The van der Waals surface area contributed by atoms with E-state index in [1.54, 1.807) is 39.3 Å². The first kappa shape index (κ1) is 21.2. The van der Waals surface area contributed by atoms with E-state index < -0.39 is 5.63 Å². The van der Waals surface area contributed by atoms with Gasteiger partial charge in [0.15, 0.2) is 6.61 Å². The first-order valence-electron chi connectivity index (χ1n) is 9.52. The number of amides is 1. The molecule has 30 heavy (non-hydrogen) atoms. The number of carbonyl (C=O) groups is 1. The molecule has 7 nitrogen and oxygen atoms in total. The van der Waals surface area contributed by atoms with Crippen molar-refractivity contribution in [3.05, 3.63) is 63.5 Å². The lowest BCUT2D eigenvalue weighted by atomic mass is 10.1. The van der Waals surface area contributed by atoms with Gasteiger partial charge in [-0.15, -0.1) is 0 Å². The van der Waals surface area contributed by atoms with Crippen molar-refractivity contribution < 1.29 is 23.4 Å². The van der Waals surface area contributed by atoms with E-state index in [4.69, 9.17) is 18.6 Å². The molecule has 1 heterocycles. The highest BCUT2D eigenvalue weighted by atomic mass is 16.5. The number of methoxy groups -OCH3 is 2. The molecular weight excluding hydrogens is 386 g/mol. The topological polar surface area (TPSA) is 87.0 Å². The predicted octanol–water partition coefficient (Wildman–Crippen LogP) is 3.68. The Kier molecular flexibility index (Phi) is 6.30. The molecule has 1 N–H and O–H groups in total. The molecular formula is C23H25NO6. The zero-order chi connectivity index (χ0) is 21.8. The van der Waals surface area contributed by atoms with Crippen LogP contribution in [0.1, 0.15) is 29.7 Å². The summed E-state index contributed by atoms with van der Waals surface area (Å²) in [5.41, 5.74) is 2.34. The fraction of sp³-hybridized carbons (Fsp3) is 0.304. The highest BCUT2D eigenvalue weighted by Crippen LogP contribution is 2.30. The third-order valence-electron chi connectivity index (χ3n) is 4.96. The molecule has 1 amide bonds. The number of fused-ring (bicyclic) bond motifs is 1. The Morgan fingerprint density at radius 1 is 1.07 bits per heavy atom. The minimum absolute atomic E-state index is 0.182. The summed E-state index contributed by atoms with van der Waals surface area (Å²) >= 11 is 0. The van der Waals surface area contributed by atoms with Crippen molar-refractivity contribution in [2.75, 3.05) is 20.8 Å². The third kappa shape index (κ3) is 4.40. The van der Waals surface area contributed by atoms with E-state index in [1.165, 1.54) is 6.07 Å². The normalized spacial score (nSPS) is 11.8. The van der Waals surface area contributed by atoms with E-state index in [0.717, 1.165) is 16.5 Å². The summed E-state index contributed by atoms with van der Waals surface area (Å²) in [6, 6.07) is 10.1. The van der Waals surface area contributed by atoms with E-state index in [2.05, 4.69) is 5.32 Å². The number of hydrogen-bond acceptors (Lipinski definition) is 6. The summed E-state index contributed by atoms with van der Waals surface area (Å²) in [7, 11) is 3.16. The molecule has 0 spiro atoms. The summed E-state index contributed by atoms with van der Waals surface area (Å²) in [5.74, 6) is 1.52. The predicted molar refractivity (Wildman–Crippen MR) is 114 cm³/mol. The van der Waals surface area contributed by atoms with Crippen LogP contribution in [0.5, 0.6) is 17.2 Å². The van der Waals surface area contributed by atoms with Crippen LogP contribution in [0.15, 0.2) is 45.6 Å². The maximum atomic E-state index is 12.5. The van der Waals surface area contributed by atoms with Crippen molar-refractivity contribution in [2.45, 2.75) is 26.8 Å². The number of aryl methyl sites for hydroxylation is 2. The van der Waals surface area contributed by atoms with Gasteiger partial charge in [-0.1, -0.05) is 0 Å². The van der Waals surface area contributed by atoms with E-state index >= 15 is 0 Å². The Hall–Kier alpha value is -3.48. The van der Waals surface area contributed by atoms with Crippen molar-refractivity contribution >= 4 is 16.9 Å². The second-order valence-electron chi connectivity index (χ2n) is 7.00. The summed E-state index contributed by atoms with van der Waals surface area (Å²) in [4.78, 5) is 24.2. The van der Waals surface area contributed by atoms with Crippen LogP contribution in [0.3, 0.4) is 0 Å². The largest absolute Gasteiger partial charge is 0.497 e. The van der Waals surface area contributed by atoms with Gasteiger partial charge in [0.2, 0.25) is 0 Å². The molecule has 1 aromatic heterocycles. The highest BCUT2D eigenvalue weighted by molar-refractivity contribution is 5.85. The van der Waals surface area contributed by atoms with Gasteiger partial charge in [0.05, 0.1) is 20.3 Å². The van der Waals surface area contributed by atoms with Gasteiger partial charge in [0.25, 0.3) is 5.91 Å². The molecule has 0 aliphatic heterocycles. The molecule has 3 aromatic rings. The summed E-state index contributed by atoms with van der Waals surface area (Å²) in [6.45, 7) is 5.31. The van der Waals surface area contributed by atoms with Crippen LogP contribution in [0.2, 0.25) is 0 Å². The molecule has 158 valence electrons. The van der Waals surface area contributed by atoms with Crippen LogP contribution in [-0.2, 0) is 4.79 Å². The van der Waals surface area contributed by atoms with Gasteiger partial charge >= 0.3 is 5.63 Å². The molecule has 2 aromatic carbocycles. The summed E-state index contributed by atoms with van der Waals surface area (Å²) in [6.07, 6.45) is 0. The Morgan fingerprint density at radius 2 is 1.80 bits per heavy atom. The quantitative estimate of drug-likeness (QED) is 0.597. The molecule has 0 unspecified atom stereocenters. The molecule has 0 saturated carbocycles. The van der Waals surface area contributed by atoms with E-state index in [0.29, 0.717) is 28.4 Å². The van der Waals surface area contributed by atoms with E-state index in [-0.39, 0.29) is 18.6 Å². The Bertz CT molecular complexity index is 1130. The minimum atomic E-state index is -0.418. The van der Waals surface area contributed by atoms with Crippen molar-refractivity contribution in [2.24, 2.45) is 0 Å². The Morgan fingerprint density at radius 3 is 2.50 bits per heavy atom. The smallest absolute Gasteiger partial charge is 0.336 e. The minimum Gasteiger partial charge on any atom is -0.497 e. The van der Waals surface area contributed by atoms with Crippen LogP contribution in [0, 0.1) is 13.8 Å². The van der Waals surface area contributed by atoms with E-state index in [9.17, 15) is 9.59 Å². The van der Waals surface area contributed by atoms with Gasteiger partial charge in [-0.25, -0.2) is 4.79 Å². The summed E-state index contributed by atoms with van der Waals surface area (Å²) in [5, 5.41) is 3.73. The number of carbonyl (C=O) groups excluding carboxylic acids is 1. The van der Waals surface area contributed by atoms with E-state index in [1.807, 2.05) is 26.0 Å². The fourth-order valence-electron chi connectivity index (χ4n) is 3.34. The van der Waals surface area contributed by atoms with Crippen LogP contribution in [-0.4, -0.2) is 26.7 Å². The lowest BCUT2D eigenvalue weighted by Gasteiger charge is -2.18. The maximum absolute atomic E-state index is 12.5. The average molecular weight is 411 g/mol. The fourth-order valence-corrected chi connectivity index (χ4v) is 3.34. The number of rotatable bonds is 7. The molecule has 3 rings (SSSR count). The standard InChI is InChI=1S/C23H25NO6/c1-13-10-22(26)30-23-14(2)19(9-7-17(13)23)29-12-21(25)24-15(3)18-11-16(27-4)6-8-20(18)28-5/h6-11,15H,12H2,1-5H3,(H,24,25)/t15-/m1/s1.